The van der Waals surface area contributed by atoms with Crippen LogP contribution in [-0.2, 0) is 39.0 Å². The zero-order chi connectivity index (χ0) is 24.3. The summed E-state index contributed by atoms with van der Waals surface area (Å²) in [6.45, 7) is 4.77. The van der Waals surface area contributed by atoms with Gasteiger partial charge in [-0.1, -0.05) is 32.0 Å². The number of carbonyl (C=O) groups excluding carboxylic acids is 2. The van der Waals surface area contributed by atoms with Crippen LogP contribution < -0.4 is 10.6 Å². The zero-order valence-electron chi connectivity index (χ0n) is 19.8. The van der Waals surface area contributed by atoms with Gasteiger partial charge in [0.05, 0.1) is 4.90 Å². The Morgan fingerprint density at radius 3 is 2.35 bits per heavy atom. The first-order valence-corrected chi connectivity index (χ1v) is 13.5. The molecular weight excluding hydrogens is 450 g/mol. The highest BCUT2D eigenvalue weighted by Crippen LogP contribution is 2.28. The van der Waals surface area contributed by atoms with Gasteiger partial charge in [-0.3, -0.25) is 9.59 Å². The number of rotatable bonds is 7. The SMILES string of the molecule is CC(C)C(=O)Nc1ccc(CNC(=O)C2CCN(S(=O)(=O)c3ccc4c(c3)CCC4)CC2)cc1. The summed E-state index contributed by atoms with van der Waals surface area (Å²) in [6, 6.07) is 12.9. The number of anilines is 1. The van der Waals surface area contributed by atoms with E-state index in [-0.39, 0.29) is 23.7 Å². The maximum absolute atomic E-state index is 13.1. The molecule has 0 saturated carbocycles. The average Bonchev–Trinajstić information content (AvgIpc) is 3.31. The third-order valence-electron chi connectivity index (χ3n) is 6.75. The Hall–Kier alpha value is -2.71. The Kier molecular flexibility index (Phi) is 7.38. The van der Waals surface area contributed by atoms with E-state index >= 15 is 0 Å². The van der Waals surface area contributed by atoms with Crippen LogP contribution in [0.25, 0.3) is 0 Å². The molecule has 2 aromatic rings. The van der Waals surface area contributed by atoms with Crippen molar-refractivity contribution < 1.29 is 18.0 Å². The fourth-order valence-electron chi connectivity index (χ4n) is 4.54. The van der Waals surface area contributed by atoms with Crippen molar-refractivity contribution >= 4 is 27.5 Å². The Bertz CT molecular complexity index is 1150. The highest BCUT2D eigenvalue weighted by molar-refractivity contribution is 7.89. The summed E-state index contributed by atoms with van der Waals surface area (Å²) in [5, 5.41) is 5.81. The molecule has 1 heterocycles. The lowest BCUT2D eigenvalue weighted by Crippen LogP contribution is -2.42. The molecule has 0 atom stereocenters. The Morgan fingerprint density at radius 1 is 1.00 bits per heavy atom. The van der Waals surface area contributed by atoms with E-state index in [4.69, 9.17) is 0 Å². The lowest BCUT2D eigenvalue weighted by Gasteiger charge is -2.30. The molecule has 2 amide bonds. The number of nitrogens with one attached hydrogen (secondary N) is 2. The predicted molar refractivity (Wildman–Crippen MR) is 132 cm³/mol. The number of fused-ring (bicyclic) bond motifs is 1. The van der Waals surface area contributed by atoms with Crippen molar-refractivity contribution in [1.82, 2.24) is 9.62 Å². The third-order valence-corrected chi connectivity index (χ3v) is 8.64. The quantitative estimate of drug-likeness (QED) is 0.630. The lowest BCUT2D eigenvalue weighted by molar-refractivity contribution is -0.126. The van der Waals surface area contributed by atoms with Crippen molar-refractivity contribution in [3.8, 4) is 0 Å². The van der Waals surface area contributed by atoms with Crippen molar-refractivity contribution in [3.05, 3.63) is 59.2 Å². The number of aryl methyl sites for hydroxylation is 2. The molecule has 1 fully saturated rings. The van der Waals surface area contributed by atoms with Crippen LogP contribution in [0.4, 0.5) is 5.69 Å². The van der Waals surface area contributed by atoms with Gasteiger partial charge in [-0.25, -0.2) is 8.42 Å². The van der Waals surface area contributed by atoms with Gasteiger partial charge >= 0.3 is 0 Å². The zero-order valence-corrected chi connectivity index (χ0v) is 20.7. The summed E-state index contributed by atoms with van der Waals surface area (Å²) in [7, 11) is -3.53. The van der Waals surface area contributed by atoms with Crippen LogP contribution in [0.1, 0.15) is 49.8 Å². The summed E-state index contributed by atoms with van der Waals surface area (Å²) in [5.41, 5.74) is 4.06. The van der Waals surface area contributed by atoms with E-state index in [2.05, 4.69) is 10.6 Å². The van der Waals surface area contributed by atoms with Gasteiger partial charge in [-0.05, 0) is 73.1 Å². The third kappa shape index (κ3) is 5.50. The van der Waals surface area contributed by atoms with E-state index in [0.29, 0.717) is 37.4 Å². The molecule has 0 spiro atoms. The second-order valence-corrected chi connectivity index (χ2v) is 11.5. The number of carbonyl (C=O) groups is 2. The van der Waals surface area contributed by atoms with Gasteiger partial charge in [0, 0.05) is 37.2 Å². The Balaban J connectivity index is 1.27. The molecule has 8 heteroatoms. The smallest absolute Gasteiger partial charge is 0.243 e. The van der Waals surface area contributed by atoms with Crippen molar-refractivity contribution in [2.75, 3.05) is 18.4 Å². The molecule has 0 aromatic heterocycles. The van der Waals surface area contributed by atoms with E-state index in [1.54, 1.807) is 6.07 Å². The minimum absolute atomic E-state index is 0.0365. The van der Waals surface area contributed by atoms with E-state index in [1.165, 1.54) is 9.87 Å². The molecule has 4 rings (SSSR count). The molecule has 2 aliphatic rings. The van der Waals surface area contributed by atoms with Crippen molar-refractivity contribution in [1.29, 1.82) is 0 Å². The van der Waals surface area contributed by atoms with Crippen molar-refractivity contribution in [2.24, 2.45) is 11.8 Å². The highest BCUT2D eigenvalue weighted by atomic mass is 32.2. The normalized spacial score (nSPS) is 16.9. The van der Waals surface area contributed by atoms with Gasteiger partial charge in [0.25, 0.3) is 0 Å². The number of hydrogen-bond acceptors (Lipinski definition) is 4. The van der Waals surface area contributed by atoms with Crippen LogP contribution in [0.2, 0.25) is 0 Å². The van der Waals surface area contributed by atoms with Crippen molar-refractivity contribution in [2.45, 2.75) is 57.4 Å². The van der Waals surface area contributed by atoms with Gasteiger partial charge in [0.2, 0.25) is 21.8 Å². The molecule has 0 unspecified atom stereocenters. The minimum atomic E-state index is -3.53. The van der Waals surface area contributed by atoms with Crippen LogP contribution >= 0.6 is 0 Å². The number of nitrogens with zero attached hydrogens (tertiary/aromatic N) is 1. The molecular formula is C26H33N3O4S. The van der Waals surface area contributed by atoms with Crippen LogP contribution in [0, 0.1) is 11.8 Å². The first kappa shape index (κ1) is 24.4. The van der Waals surface area contributed by atoms with Crippen LogP contribution in [-0.4, -0.2) is 37.6 Å². The first-order chi connectivity index (χ1) is 16.2. The Labute approximate surface area is 202 Å². The number of amides is 2. The topological polar surface area (TPSA) is 95.6 Å². The largest absolute Gasteiger partial charge is 0.352 e. The minimum Gasteiger partial charge on any atom is -0.352 e. The Morgan fingerprint density at radius 2 is 1.68 bits per heavy atom. The van der Waals surface area contributed by atoms with Gasteiger partial charge < -0.3 is 10.6 Å². The van der Waals surface area contributed by atoms with E-state index < -0.39 is 10.0 Å². The van der Waals surface area contributed by atoms with Gasteiger partial charge in [-0.15, -0.1) is 0 Å². The van der Waals surface area contributed by atoms with Gasteiger partial charge in [0.1, 0.15) is 0 Å². The second kappa shape index (κ2) is 10.3. The summed E-state index contributed by atoms with van der Waals surface area (Å²) in [4.78, 5) is 24.8. The molecule has 0 bridgehead atoms. The maximum atomic E-state index is 13.1. The number of benzene rings is 2. The number of piperidine rings is 1. The lowest BCUT2D eigenvalue weighted by atomic mass is 9.97. The standard InChI is InChI=1S/C26H33N3O4S/c1-18(2)25(30)28-23-9-6-19(7-10-23)17-27-26(31)21-12-14-29(15-13-21)34(32,33)24-11-8-20-4-3-5-22(20)16-24/h6-11,16,18,21H,3-5,12-15,17H2,1-2H3,(H,27,31)(H,28,30). The number of hydrogen-bond donors (Lipinski definition) is 2. The molecule has 1 aliphatic heterocycles. The highest BCUT2D eigenvalue weighted by Gasteiger charge is 2.32. The fraction of sp³-hybridized carbons (Fsp3) is 0.462. The molecule has 182 valence electrons. The van der Waals surface area contributed by atoms with Crippen molar-refractivity contribution in [3.63, 3.8) is 0 Å². The molecule has 1 saturated heterocycles. The van der Waals surface area contributed by atoms with Crippen LogP contribution in [0.15, 0.2) is 47.4 Å². The average molecular weight is 484 g/mol. The van der Waals surface area contributed by atoms with E-state index in [9.17, 15) is 18.0 Å². The summed E-state index contributed by atoms with van der Waals surface area (Å²) >= 11 is 0. The molecule has 34 heavy (non-hydrogen) atoms. The maximum Gasteiger partial charge on any atom is 0.243 e. The molecule has 7 nitrogen and oxygen atoms in total. The monoisotopic (exact) mass is 483 g/mol. The van der Waals surface area contributed by atoms with Gasteiger partial charge in [0.15, 0.2) is 0 Å². The molecule has 2 aromatic carbocycles. The summed E-state index contributed by atoms with van der Waals surface area (Å²) < 4.78 is 27.7. The summed E-state index contributed by atoms with van der Waals surface area (Å²) in [6.07, 6.45) is 4.07. The number of sulfonamides is 1. The first-order valence-electron chi connectivity index (χ1n) is 12.0. The predicted octanol–water partition coefficient (Wildman–Crippen LogP) is 3.49. The fourth-order valence-corrected chi connectivity index (χ4v) is 6.06. The van der Waals surface area contributed by atoms with E-state index in [0.717, 1.165) is 36.1 Å². The molecule has 1 aliphatic carbocycles. The molecule has 2 N–H and O–H groups in total. The second-order valence-electron chi connectivity index (χ2n) is 9.52. The summed E-state index contributed by atoms with van der Waals surface area (Å²) in [5.74, 6) is -0.373. The van der Waals surface area contributed by atoms with E-state index in [1.807, 2.05) is 50.2 Å². The van der Waals surface area contributed by atoms with Gasteiger partial charge in [-0.2, -0.15) is 4.31 Å². The molecule has 0 radical (unpaired) electrons. The van der Waals surface area contributed by atoms with Crippen LogP contribution in [0.5, 0.6) is 0 Å². The van der Waals surface area contributed by atoms with Crippen LogP contribution in [0.3, 0.4) is 0 Å².